The van der Waals surface area contributed by atoms with Gasteiger partial charge in [0.1, 0.15) is 11.9 Å². The fraction of sp³-hybridized carbons (Fsp3) is 0.360. The molecule has 166 valence electrons. The number of rotatable bonds is 7. The molecular weight excluding hydrogens is 409 g/mol. The summed E-state index contributed by atoms with van der Waals surface area (Å²) in [5.74, 6) is -0.308. The van der Waals surface area contributed by atoms with Crippen molar-refractivity contribution < 1.29 is 13.9 Å². The number of hydrogen-bond acceptors (Lipinski definition) is 4. The number of carbonyl (C=O) groups excluding carboxylic acids is 1. The molecule has 2 atom stereocenters. The van der Waals surface area contributed by atoms with E-state index in [1.165, 1.54) is 17.7 Å². The van der Waals surface area contributed by atoms with E-state index in [0.29, 0.717) is 37.1 Å². The summed E-state index contributed by atoms with van der Waals surface area (Å²) in [5, 5.41) is 4.22. The zero-order valence-electron chi connectivity index (χ0n) is 18.0. The summed E-state index contributed by atoms with van der Waals surface area (Å²) < 4.78 is 21.8. The first-order chi connectivity index (χ1) is 15.5. The average molecular weight is 435 g/mol. The van der Waals surface area contributed by atoms with Crippen molar-refractivity contribution in [2.24, 2.45) is 0 Å². The molecule has 0 saturated carbocycles. The number of hydrogen-bond donors (Lipinski definition) is 1. The van der Waals surface area contributed by atoms with Gasteiger partial charge in [0.2, 0.25) is 0 Å². The Labute approximate surface area is 185 Å². The molecule has 1 saturated heterocycles. The maximum Gasteiger partial charge on any atom is 0.414 e. The van der Waals surface area contributed by atoms with Crippen LogP contribution in [0, 0.1) is 5.82 Å². The molecule has 0 spiro atoms. The lowest BCUT2D eigenvalue weighted by atomic mass is 10.1. The summed E-state index contributed by atoms with van der Waals surface area (Å²) in [4.78, 5) is 26.3. The molecule has 7 heteroatoms. The minimum Gasteiger partial charge on any atom is -0.444 e. The lowest BCUT2D eigenvalue weighted by molar-refractivity contribution is 0.136. The van der Waals surface area contributed by atoms with Crippen molar-refractivity contribution in [2.45, 2.75) is 44.9 Å². The molecule has 0 bridgehead atoms. The number of benzene rings is 2. The van der Waals surface area contributed by atoms with Crippen LogP contribution in [0.25, 0.3) is 10.9 Å². The van der Waals surface area contributed by atoms with E-state index in [0.717, 1.165) is 23.9 Å². The van der Waals surface area contributed by atoms with E-state index < -0.39 is 0 Å². The Balaban J connectivity index is 1.22. The molecule has 3 aromatic rings. The molecule has 0 aliphatic carbocycles. The number of amides is 1. The molecule has 1 aromatic heterocycles. The van der Waals surface area contributed by atoms with Crippen LogP contribution in [0.2, 0.25) is 0 Å². The summed E-state index contributed by atoms with van der Waals surface area (Å²) in [6.07, 6.45) is 2.13. The third kappa shape index (κ3) is 3.66. The van der Waals surface area contributed by atoms with Crippen molar-refractivity contribution in [3.05, 3.63) is 75.8 Å². The highest BCUT2D eigenvalue weighted by Gasteiger charge is 2.33. The molecular formula is C25H26FN3O3. The average Bonchev–Trinajstić information content (AvgIpc) is 3.36. The highest BCUT2D eigenvalue weighted by atomic mass is 19.1. The Bertz CT molecular complexity index is 1220. The first-order valence-corrected chi connectivity index (χ1v) is 11.2. The number of aryl methyl sites for hydroxylation is 1. The van der Waals surface area contributed by atoms with Gasteiger partial charge in [-0.2, -0.15) is 0 Å². The molecule has 1 fully saturated rings. The predicted molar refractivity (Wildman–Crippen MR) is 122 cm³/mol. The number of carbonyl (C=O) groups is 1. The second kappa shape index (κ2) is 8.39. The second-order valence-electron chi connectivity index (χ2n) is 8.51. The topological polar surface area (TPSA) is 63.6 Å². The van der Waals surface area contributed by atoms with Crippen molar-refractivity contribution in [1.82, 2.24) is 9.88 Å². The summed E-state index contributed by atoms with van der Waals surface area (Å²) in [6.45, 7) is 3.57. The monoisotopic (exact) mass is 435 g/mol. The molecule has 1 amide bonds. The maximum absolute atomic E-state index is 14.6. The minimum atomic E-state index is -0.339. The van der Waals surface area contributed by atoms with Crippen LogP contribution < -0.4 is 15.8 Å². The van der Waals surface area contributed by atoms with Crippen molar-refractivity contribution >= 4 is 22.7 Å². The normalized spacial score (nSPS) is 19.7. The Morgan fingerprint density at radius 3 is 2.62 bits per heavy atom. The second-order valence-corrected chi connectivity index (χ2v) is 8.51. The van der Waals surface area contributed by atoms with E-state index in [9.17, 15) is 14.0 Å². The molecule has 2 aliphatic rings. The highest BCUT2D eigenvalue weighted by molar-refractivity contribution is 5.89. The minimum absolute atomic E-state index is 0.126. The van der Waals surface area contributed by atoms with E-state index in [1.54, 1.807) is 21.6 Å². The SMILES string of the molecule is CCCc1ccc(N2C[C@@H](CCN[C@H]3Cn4c(=O)ccc5ccc(F)c3c54)OC2=O)cc1. The van der Waals surface area contributed by atoms with Crippen LogP contribution in [0.4, 0.5) is 14.9 Å². The number of ether oxygens (including phenoxy) is 1. The lowest BCUT2D eigenvalue weighted by Crippen LogP contribution is -2.29. The maximum atomic E-state index is 14.6. The quantitative estimate of drug-likeness (QED) is 0.606. The Hall–Kier alpha value is -3.19. The van der Waals surface area contributed by atoms with E-state index in [2.05, 4.69) is 24.4 Å². The van der Waals surface area contributed by atoms with Gasteiger partial charge in [0.05, 0.1) is 18.1 Å². The van der Waals surface area contributed by atoms with Crippen LogP contribution in [-0.2, 0) is 17.7 Å². The van der Waals surface area contributed by atoms with Gasteiger partial charge in [-0.1, -0.05) is 25.5 Å². The third-order valence-corrected chi connectivity index (χ3v) is 6.37. The molecule has 6 nitrogen and oxygen atoms in total. The fourth-order valence-electron chi connectivity index (χ4n) is 4.78. The molecule has 3 heterocycles. The summed E-state index contributed by atoms with van der Waals surface area (Å²) in [6, 6.07) is 14.2. The van der Waals surface area contributed by atoms with E-state index in [-0.39, 0.29) is 29.6 Å². The van der Waals surface area contributed by atoms with Crippen LogP contribution >= 0.6 is 0 Å². The molecule has 0 radical (unpaired) electrons. The predicted octanol–water partition coefficient (Wildman–Crippen LogP) is 4.15. The van der Waals surface area contributed by atoms with Crippen LogP contribution in [-0.4, -0.2) is 29.9 Å². The lowest BCUT2D eigenvalue weighted by Gasteiger charge is -2.16. The number of halogens is 1. The number of aromatic nitrogens is 1. The summed E-state index contributed by atoms with van der Waals surface area (Å²) in [5.41, 5.74) is 3.17. The molecule has 2 aromatic carbocycles. The van der Waals surface area contributed by atoms with Gasteiger partial charge < -0.3 is 14.6 Å². The standard InChI is InChI=1S/C25H26FN3O3/c1-2-3-16-4-8-18(9-5-16)28-14-19(32-25(28)31)12-13-27-21-15-29-22(30)11-7-17-6-10-20(26)23(21)24(17)29/h4-11,19,21,27H,2-3,12-15H2,1H3/t19-,21+/m1/s1. The van der Waals surface area contributed by atoms with Gasteiger partial charge in [0, 0.05) is 23.9 Å². The molecule has 0 unspecified atom stereocenters. The Morgan fingerprint density at radius 1 is 1.06 bits per heavy atom. The first kappa shape index (κ1) is 20.7. The van der Waals surface area contributed by atoms with Gasteiger partial charge in [0.25, 0.3) is 5.56 Å². The van der Waals surface area contributed by atoms with Gasteiger partial charge in [0.15, 0.2) is 0 Å². The van der Waals surface area contributed by atoms with E-state index in [4.69, 9.17) is 4.74 Å². The number of pyridine rings is 1. The van der Waals surface area contributed by atoms with Crippen molar-refractivity contribution in [1.29, 1.82) is 0 Å². The largest absolute Gasteiger partial charge is 0.444 e. The molecule has 32 heavy (non-hydrogen) atoms. The van der Waals surface area contributed by atoms with Crippen molar-refractivity contribution in [2.75, 3.05) is 18.0 Å². The van der Waals surface area contributed by atoms with Gasteiger partial charge in [-0.15, -0.1) is 0 Å². The van der Waals surface area contributed by atoms with Gasteiger partial charge in [-0.05, 0) is 60.7 Å². The molecule has 5 rings (SSSR count). The fourth-order valence-corrected chi connectivity index (χ4v) is 4.78. The number of cyclic esters (lactones) is 1. The summed E-state index contributed by atoms with van der Waals surface area (Å²) >= 11 is 0. The number of nitrogens with one attached hydrogen (secondary N) is 1. The Kier molecular flexibility index (Phi) is 5.43. The third-order valence-electron chi connectivity index (χ3n) is 6.37. The van der Waals surface area contributed by atoms with Crippen molar-refractivity contribution in [3.8, 4) is 0 Å². The van der Waals surface area contributed by atoms with Crippen LogP contribution in [0.5, 0.6) is 0 Å². The first-order valence-electron chi connectivity index (χ1n) is 11.2. The number of nitrogens with zero attached hydrogens (tertiary/aromatic N) is 2. The zero-order chi connectivity index (χ0) is 22.2. The van der Waals surface area contributed by atoms with Crippen LogP contribution in [0.15, 0.2) is 53.3 Å². The van der Waals surface area contributed by atoms with Crippen LogP contribution in [0.1, 0.15) is 36.9 Å². The highest BCUT2D eigenvalue weighted by Crippen LogP contribution is 2.33. The molecule has 2 aliphatic heterocycles. The van der Waals surface area contributed by atoms with Gasteiger partial charge in [-0.3, -0.25) is 9.69 Å². The van der Waals surface area contributed by atoms with Crippen molar-refractivity contribution in [3.63, 3.8) is 0 Å². The Morgan fingerprint density at radius 2 is 1.84 bits per heavy atom. The van der Waals surface area contributed by atoms with Gasteiger partial charge in [-0.25, -0.2) is 9.18 Å². The summed E-state index contributed by atoms with van der Waals surface area (Å²) in [7, 11) is 0. The van der Waals surface area contributed by atoms with E-state index in [1.807, 2.05) is 12.1 Å². The van der Waals surface area contributed by atoms with Gasteiger partial charge >= 0.3 is 6.09 Å². The van der Waals surface area contributed by atoms with Crippen LogP contribution in [0.3, 0.4) is 0 Å². The number of anilines is 1. The van der Waals surface area contributed by atoms with E-state index >= 15 is 0 Å². The smallest absolute Gasteiger partial charge is 0.414 e. The zero-order valence-corrected chi connectivity index (χ0v) is 18.0. The molecule has 1 N–H and O–H groups in total.